The highest BCUT2D eigenvalue weighted by atomic mass is 35.5. The van der Waals surface area contributed by atoms with Crippen molar-refractivity contribution in [3.8, 4) is 17.1 Å². The Hall–Kier alpha value is -1.65. The van der Waals surface area contributed by atoms with E-state index in [0.717, 1.165) is 40.3 Å². The van der Waals surface area contributed by atoms with E-state index in [1.54, 1.807) is 18.4 Å². The lowest BCUT2D eigenvalue weighted by atomic mass is 9.89. The highest BCUT2D eigenvalue weighted by Gasteiger charge is 2.23. The van der Waals surface area contributed by atoms with E-state index in [1.807, 2.05) is 24.3 Å². The second-order valence-electron chi connectivity index (χ2n) is 6.10. The summed E-state index contributed by atoms with van der Waals surface area (Å²) < 4.78 is 5.20. The number of benzene rings is 1. The first-order valence-corrected chi connectivity index (χ1v) is 8.97. The molecule has 1 aliphatic rings. The highest BCUT2D eigenvalue weighted by Crippen LogP contribution is 2.40. The van der Waals surface area contributed by atoms with Gasteiger partial charge in [-0.1, -0.05) is 18.5 Å². The molecule has 1 atom stereocenters. The first-order valence-electron chi connectivity index (χ1n) is 7.78. The number of nitrogens with zero attached hydrogens (tertiary/aromatic N) is 2. The van der Waals surface area contributed by atoms with Gasteiger partial charge in [-0.25, -0.2) is 9.97 Å². The highest BCUT2D eigenvalue weighted by molar-refractivity contribution is 7.19. The fraction of sp³-hybridized carbons (Fsp3) is 0.333. The lowest BCUT2D eigenvalue weighted by molar-refractivity contribution is 0.415. The number of rotatable bonds is 2. The molecule has 5 heteroatoms. The van der Waals surface area contributed by atoms with Crippen LogP contribution in [0.1, 0.15) is 23.8 Å². The molecule has 1 unspecified atom stereocenters. The van der Waals surface area contributed by atoms with Crippen molar-refractivity contribution in [1.82, 2.24) is 9.97 Å². The first-order chi connectivity index (χ1) is 11.2. The third kappa shape index (κ3) is 2.60. The topological polar surface area (TPSA) is 35.0 Å². The molecule has 1 aliphatic carbocycles. The van der Waals surface area contributed by atoms with Gasteiger partial charge >= 0.3 is 0 Å². The zero-order valence-corrected chi connectivity index (χ0v) is 14.7. The van der Waals surface area contributed by atoms with Gasteiger partial charge in [-0.3, -0.25) is 0 Å². The second-order valence-corrected chi connectivity index (χ2v) is 7.54. The molecule has 4 rings (SSSR count). The number of halogens is 1. The summed E-state index contributed by atoms with van der Waals surface area (Å²) in [6.45, 7) is 2.31. The number of fused-ring (bicyclic) bond motifs is 3. The van der Waals surface area contributed by atoms with Crippen LogP contribution in [0.25, 0.3) is 21.6 Å². The molecule has 3 aromatic rings. The lowest BCUT2D eigenvalue weighted by Gasteiger charge is -2.17. The molecule has 23 heavy (non-hydrogen) atoms. The van der Waals surface area contributed by atoms with Crippen molar-refractivity contribution in [2.45, 2.75) is 26.2 Å². The van der Waals surface area contributed by atoms with Crippen LogP contribution in [0, 0.1) is 5.92 Å². The van der Waals surface area contributed by atoms with Crippen LogP contribution in [0.2, 0.25) is 5.15 Å². The Morgan fingerprint density at radius 3 is 2.74 bits per heavy atom. The van der Waals surface area contributed by atoms with Crippen LogP contribution in [-0.2, 0) is 12.8 Å². The molecule has 0 amide bonds. The van der Waals surface area contributed by atoms with Gasteiger partial charge in [0.25, 0.3) is 0 Å². The van der Waals surface area contributed by atoms with Gasteiger partial charge in [0.1, 0.15) is 15.7 Å². The Morgan fingerprint density at radius 2 is 2.00 bits per heavy atom. The average molecular weight is 345 g/mol. The Morgan fingerprint density at radius 1 is 1.22 bits per heavy atom. The molecule has 1 aromatic carbocycles. The van der Waals surface area contributed by atoms with Crippen LogP contribution >= 0.6 is 22.9 Å². The predicted molar refractivity (Wildman–Crippen MR) is 95.6 cm³/mol. The molecule has 0 fully saturated rings. The number of methoxy groups -OCH3 is 1. The number of aryl methyl sites for hydroxylation is 1. The van der Waals surface area contributed by atoms with Crippen molar-refractivity contribution in [1.29, 1.82) is 0 Å². The molecule has 2 aromatic heterocycles. The monoisotopic (exact) mass is 344 g/mol. The summed E-state index contributed by atoms with van der Waals surface area (Å²) in [6.07, 6.45) is 3.43. The fourth-order valence-electron chi connectivity index (χ4n) is 3.17. The van der Waals surface area contributed by atoms with E-state index in [2.05, 4.69) is 11.9 Å². The molecule has 118 valence electrons. The number of hydrogen-bond donors (Lipinski definition) is 0. The summed E-state index contributed by atoms with van der Waals surface area (Å²) in [5, 5.41) is 1.64. The van der Waals surface area contributed by atoms with Gasteiger partial charge in [0, 0.05) is 10.4 Å². The summed E-state index contributed by atoms with van der Waals surface area (Å²) in [7, 11) is 1.66. The van der Waals surface area contributed by atoms with Crippen molar-refractivity contribution >= 4 is 33.2 Å². The number of aromatic nitrogens is 2. The van der Waals surface area contributed by atoms with Crippen LogP contribution in [0.3, 0.4) is 0 Å². The number of ether oxygens (including phenoxy) is 1. The molecule has 0 spiro atoms. The van der Waals surface area contributed by atoms with Crippen LogP contribution < -0.4 is 4.74 Å². The molecule has 2 heterocycles. The minimum Gasteiger partial charge on any atom is -0.497 e. The molecule has 0 N–H and O–H groups in total. The van der Waals surface area contributed by atoms with Crippen LogP contribution in [-0.4, -0.2) is 17.1 Å². The van der Waals surface area contributed by atoms with Crippen molar-refractivity contribution < 1.29 is 4.74 Å². The molecular formula is C18H17ClN2OS. The maximum absolute atomic E-state index is 6.52. The van der Waals surface area contributed by atoms with Gasteiger partial charge in [0.2, 0.25) is 0 Å². The zero-order chi connectivity index (χ0) is 16.0. The van der Waals surface area contributed by atoms with Crippen LogP contribution in [0.4, 0.5) is 0 Å². The largest absolute Gasteiger partial charge is 0.497 e. The zero-order valence-electron chi connectivity index (χ0n) is 13.1. The Labute approximate surface area is 144 Å². The summed E-state index contributed by atoms with van der Waals surface area (Å²) in [4.78, 5) is 11.8. The second kappa shape index (κ2) is 5.77. The fourth-order valence-corrected chi connectivity index (χ4v) is 4.89. The van der Waals surface area contributed by atoms with Gasteiger partial charge < -0.3 is 4.74 Å². The summed E-state index contributed by atoms with van der Waals surface area (Å²) in [5.74, 6) is 2.24. The van der Waals surface area contributed by atoms with E-state index in [4.69, 9.17) is 21.3 Å². The molecule has 0 bridgehead atoms. The van der Waals surface area contributed by atoms with Gasteiger partial charge in [0.15, 0.2) is 5.82 Å². The minimum absolute atomic E-state index is 0.577. The molecule has 0 saturated carbocycles. The van der Waals surface area contributed by atoms with Gasteiger partial charge in [-0.05, 0) is 55.0 Å². The maximum atomic E-state index is 6.52. The average Bonchev–Trinajstić information content (AvgIpc) is 2.92. The van der Waals surface area contributed by atoms with Crippen molar-refractivity contribution in [2.24, 2.45) is 5.92 Å². The van der Waals surface area contributed by atoms with Gasteiger partial charge in [0.05, 0.1) is 12.5 Å². The Bertz CT molecular complexity index is 873. The van der Waals surface area contributed by atoms with E-state index >= 15 is 0 Å². The number of thiophene rings is 1. The molecule has 0 aliphatic heterocycles. The standard InChI is InChI=1S/C18H17ClN2OS/c1-10-3-8-13-14(9-10)23-18-15(13)16(19)20-17(21-18)11-4-6-12(22-2)7-5-11/h4-7,10H,3,8-9H2,1-2H3. The van der Waals surface area contributed by atoms with E-state index in [0.29, 0.717) is 11.0 Å². The van der Waals surface area contributed by atoms with Crippen molar-refractivity contribution in [3.05, 3.63) is 39.9 Å². The quantitative estimate of drug-likeness (QED) is 0.603. The van der Waals surface area contributed by atoms with Crippen molar-refractivity contribution in [2.75, 3.05) is 7.11 Å². The SMILES string of the molecule is COc1ccc(-c2nc(Cl)c3c4c(sc3n2)CC(C)CC4)cc1. The smallest absolute Gasteiger partial charge is 0.162 e. The molecular weight excluding hydrogens is 328 g/mol. The summed E-state index contributed by atoms with van der Waals surface area (Å²) >= 11 is 8.29. The summed E-state index contributed by atoms with van der Waals surface area (Å²) in [5.41, 5.74) is 2.32. The summed E-state index contributed by atoms with van der Waals surface area (Å²) in [6, 6.07) is 7.76. The molecule has 0 radical (unpaired) electrons. The normalized spacial score (nSPS) is 17.3. The third-order valence-corrected chi connectivity index (χ3v) is 5.88. The molecule has 0 saturated heterocycles. The van der Waals surface area contributed by atoms with Gasteiger partial charge in [-0.15, -0.1) is 11.3 Å². The van der Waals surface area contributed by atoms with E-state index in [9.17, 15) is 0 Å². The first kappa shape index (κ1) is 14.9. The number of hydrogen-bond acceptors (Lipinski definition) is 4. The van der Waals surface area contributed by atoms with Crippen LogP contribution in [0.15, 0.2) is 24.3 Å². The van der Waals surface area contributed by atoms with E-state index in [1.165, 1.54) is 16.9 Å². The van der Waals surface area contributed by atoms with E-state index < -0.39 is 0 Å². The molecule has 3 nitrogen and oxygen atoms in total. The Kier molecular flexibility index (Phi) is 3.74. The van der Waals surface area contributed by atoms with Crippen molar-refractivity contribution in [3.63, 3.8) is 0 Å². The Balaban J connectivity index is 1.83. The predicted octanol–water partition coefficient (Wildman–Crippen LogP) is 5.15. The van der Waals surface area contributed by atoms with Crippen LogP contribution in [0.5, 0.6) is 5.75 Å². The third-order valence-electron chi connectivity index (χ3n) is 4.46. The van der Waals surface area contributed by atoms with Gasteiger partial charge in [-0.2, -0.15) is 0 Å². The minimum atomic E-state index is 0.577. The lowest BCUT2D eigenvalue weighted by Crippen LogP contribution is -2.08. The maximum Gasteiger partial charge on any atom is 0.162 e. The van der Waals surface area contributed by atoms with E-state index in [-0.39, 0.29) is 0 Å².